The number of hydrogen-bond donors (Lipinski definition) is 0. The van der Waals surface area contributed by atoms with E-state index in [4.69, 9.17) is 23.9 Å². The molecule has 8 heteroatoms. The predicted octanol–water partition coefficient (Wildman–Crippen LogP) is 6.55. The van der Waals surface area contributed by atoms with E-state index in [-0.39, 0.29) is 11.7 Å². The number of unbranched alkanes of at least 4 members (excludes halogenated alkanes) is 1. The second-order valence-corrected chi connectivity index (χ2v) is 12.8. The van der Waals surface area contributed by atoms with Gasteiger partial charge in [-0.15, -0.1) is 0 Å². The highest BCUT2D eigenvalue weighted by Crippen LogP contribution is 2.60. The Morgan fingerprint density at radius 2 is 1.45 bits per heavy atom. The molecule has 2 aromatic heterocycles. The van der Waals surface area contributed by atoms with Crippen LogP contribution >= 0.6 is 16.5 Å². The van der Waals surface area contributed by atoms with E-state index < -0.39 is 7.92 Å². The highest BCUT2D eigenvalue weighted by Gasteiger charge is 2.39. The zero-order valence-corrected chi connectivity index (χ0v) is 23.6. The fourth-order valence-electron chi connectivity index (χ4n) is 5.01. The fraction of sp³-hybridized carbons (Fsp3) is 0.267. The second-order valence-electron chi connectivity index (χ2n) is 9.20. The zero-order chi connectivity index (χ0) is 26.1. The minimum absolute atomic E-state index is 0.0907. The molecule has 0 spiro atoms. The molecule has 0 bridgehead atoms. The Hall–Kier alpha value is -3.20. The van der Waals surface area contributed by atoms with Crippen molar-refractivity contribution >= 4 is 27.1 Å². The normalized spacial score (nSPS) is 19.9. The van der Waals surface area contributed by atoms with Gasteiger partial charge in [-0.05, 0) is 64.5 Å². The first-order valence-electron chi connectivity index (χ1n) is 12.8. The van der Waals surface area contributed by atoms with Crippen molar-refractivity contribution in [3.63, 3.8) is 0 Å². The molecule has 1 unspecified atom stereocenters. The molecule has 0 N–H and O–H groups in total. The molecule has 0 amide bonds. The van der Waals surface area contributed by atoms with Crippen molar-refractivity contribution in [2.24, 2.45) is 0 Å². The van der Waals surface area contributed by atoms with Crippen LogP contribution in [-0.4, -0.2) is 30.3 Å². The molecule has 0 saturated carbocycles. The molecule has 2 aliphatic rings. The van der Waals surface area contributed by atoms with Gasteiger partial charge in [-0.25, -0.2) is 9.97 Å². The summed E-state index contributed by atoms with van der Waals surface area (Å²) in [5, 5.41) is 2.57. The number of fused-ring (bicyclic) bond motifs is 2. The number of aromatic nitrogens is 2. The number of benzene rings is 2. The first-order valence-corrected chi connectivity index (χ1v) is 15.5. The molecule has 2 aliphatic heterocycles. The number of hydrogen-bond acceptors (Lipinski definition) is 6. The van der Waals surface area contributed by atoms with Gasteiger partial charge in [-0.1, -0.05) is 49.7 Å². The van der Waals surface area contributed by atoms with Crippen LogP contribution in [0.4, 0.5) is 0 Å². The molecule has 0 fully saturated rings. The topological polar surface area (TPSA) is 62.7 Å². The summed E-state index contributed by atoms with van der Waals surface area (Å²) in [5.41, 5.74) is 4.28. The minimum Gasteiger partial charge on any atom is -0.481 e. The van der Waals surface area contributed by atoms with Crippen molar-refractivity contribution < 1.29 is 18.9 Å². The van der Waals surface area contributed by atoms with Crippen molar-refractivity contribution in [1.29, 1.82) is 0 Å². The smallest absolute Gasteiger partial charge is 0.213 e. The number of methoxy groups -OCH3 is 2. The molecule has 4 aromatic rings. The van der Waals surface area contributed by atoms with Crippen molar-refractivity contribution in [3.8, 4) is 34.4 Å². The molecule has 0 radical (unpaired) electrons. The average molecular weight is 545 g/mol. The lowest BCUT2D eigenvalue weighted by Crippen LogP contribution is -2.10. The van der Waals surface area contributed by atoms with E-state index in [0.29, 0.717) is 20.3 Å². The van der Waals surface area contributed by atoms with Gasteiger partial charge in [0.1, 0.15) is 11.5 Å². The summed E-state index contributed by atoms with van der Waals surface area (Å²) in [5.74, 6) is 2.89. The fourth-order valence-corrected chi connectivity index (χ4v) is 9.39. The van der Waals surface area contributed by atoms with Crippen LogP contribution in [0, 0.1) is 0 Å². The minimum atomic E-state index is -0.643. The van der Waals surface area contributed by atoms with E-state index in [0.717, 1.165) is 41.9 Å². The van der Waals surface area contributed by atoms with Crippen LogP contribution in [0.3, 0.4) is 0 Å². The molecule has 38 heavy (non-hydrogen) atoms. The Morgan fingerprint density at radius 1 is 0.789 bits per heavy atom. The summed E-state index contributed by atoms with van der Waals surface area (Å²) in [7, 11) is 3.09. The first-order chi connectivity index (χ1) is 18.7. The summed E-state index contributed by atoms with van der Waals surface area (Å²) in [6, 6.07) is 24.6. The van der Waals surface area contributed by atoms with Crippen LogP contribution in [0.1, 0.15) is 42.8 Å². The van der Waals surface area contributed by atoms with Crippen molar-refractivity contribution in [2.75, 3.05) is 20.4 Å². The molecule has 6 nitrogen and oxygen atoms in total. The predicted molar refractivity (Wildman–Crippen MR) is 154 cm³/mol. The lowest BCUT2D eigenvalue weighted by atomic mass is 10.0. The van der Waals surface area contributed by atoms with E-state index >= 15 is 0 Å². The number of rotatable bonds is 8. The van der Waals surface area contributed by atoms with E-state index in [9.17, 15) is 0 Å². The van der Waals surface area contributed by atoms with Crippen LogP contribution < -0.4 is 29.6 Å². The van der Waals surface area contributed by atoms with Gasteiger partial charge in [0, 0.05) is 22.7 Å². The van der Waals surface area contributed by atoms with Gasteiger partial charge in [0.25, 0.3) is 0 Å². The summed E-state index contributed by atoms with van der Waals surface area (Å²) in [6.07, 6.45) is 3.37. The largest absolute Gasteiger partial charge is 0.481 e. The highest BCUT2D eigenvalue weighted by molar-refractivity contribution is 7.66. The first kappa shape index (κ1) is 25.1. The van der Waals surface area contributed by atoms with Gasteiger partial charge in [0.2, 0.25) is 11.8 Å². The SMILES string of the molecule is CCCC[P@]1c2c(cccc2-c2cccc3c2P[C@H](c2cccc(OC)n2)O3)O[C@H]1c1cccc(OC)n1. The monoisotopic (exact) mass is 544 g/mol. The molecule has 2 aromatic carbocycles. The summed E-state index contributed by atoms with van der Waals surface area (Å²) >= 11 is 0. The quantitative estimate of drug-likeness (QED) is 0.234. The summed E-state index contributed by atoms with van der Waals surface area (Å²) in [6.45, 7) is 2.24. The second kappa shape index (κ2) is 10.9. The Morgan fingerprint density at radius 3 is 2.18 bits per heavy atom. The van der Waals surface area contributed by atoms with Gasteiger partial charge >= 0.3 is 0 Å². The van der Waals surface area contributed by atoms with Gasteiger partial charge < -0.3 is 18.9 Å². The van der Waals surface area contributed by atoms with Gasteiger partial charge in [0.15, 0.2) is 11.7 Å². The number of ether oxygens (including phenoxy) is 4. The van der Waals surface area contributed by atoms with Crippen molar-refractivity contribution in [1.82, 2.24) is 9.97 Å². The van der Waals surface area contributed by atoms with Crippen LogP contribution in [0.15, 0.2) is 72.8 Å². The number of pyridine rings is 2. The van der Waals surface area contributed by atoms with Gasteiger partial charge in [-0.2, -0.15) is 0 Å². The van der Waals surface area contributed by atoms with Gasteiger partial charge in [-0.3, -0.25) is 0 Å². The maximum atomic E-state index is 6.66. The summed E-state index contributed by atoms with van der Waals surface area (Å²) in [4.78, 5) is 9.41. The Bertz CT molecular complexity index is 1460. The Kier molecular flexibility index (Phi) is 7.19. The zero-order valence-electron chi connectivity index (χ0n) is 21.7. The third-order valence-corrected chi connectivity index (χ3v) is 11.1. The lowest BCUT2D eigenvalue weighted by molar-refractivity contribution is 0.294. The molecule has 6 rings (SSSR count). The Labute approximate surface area is 226 Å². The molecule has 0 aliphatic carbocycles. The molecule has 0 saturated heterocycles. The molecular formula is C30H30N2O4P2. The lowest BCUT2D eigenvalue weighted by Gasteiger charge is -2.21. The summed E-state index contributed by atoms with van der Waals surface area (Å²) < 4.78 is 23.9. The molecule has 194 valence electrons. The maximum absolute atomic E-state index is 6.66. The van der Waals surface area contributed by atoms with Crippen LogP contribution in [0.5, 0.6) is 23.3 Å². The van der Waals surface area contributed by atoms with Crippen molar-refractivity contribution in [2.45, 2.75) is 31.5 Å². The van der Waals surface area contributed by atoms with E-state index in [1.54, 1.807) is 14.2 Å². The average Bonchev–Trinajstić information content (AvgIpc) is 3.58. The van der Waals surface area contributed by atoms with Crippen molar-refractivity contribution in [3.05, 3.63) is 84.2 Å². The van der Waals surface area contributed by atoms with Crippen LogP contribution in [0.25, 0.3) is 11.1 Å². The van der Waals surface area contributed by atoms with Gasteiger partial charge in [0.05, 0.1) is 25.6 Å². The van der Waals surface area contributed by atoms with E-state index in [1.165, 1.54) is 21.7 Å². The van der Waals surface area contributed by atoms with Crippen LogP contribution in [-0.2, 0) is 0 Å². The number of nitrogens with zero attached hydrogens (tertiary/aromatic N) is 2. The maximum Gasteiger partial charge on any atom is 0.213 e. The standard InChI is InChI=1S/C30H30N2O4P2/c1-4-5-18-38-28-20(11-7-15-24(28)36-30(38)22-13-9-17-26(32-22)34-3)19-10-6-14-23-27(19)37-29(35-23)21-12-8-16-25(31-21)33-2/h6-17,29-30,37H,4-5,18H2,1-3H3/t29-,30-,38-/m1/s1. The van der Waals surface area contributed by atoms with E-state index in [1.807, 2.05) is 30.3 Å². The van der Waals surface area contributed by atoms with E-state index in [2.05, 4.69) is 54.4 Å². The molecule has 4 atom stereocenters. The highest BCUT2D eigenvalue weighted by atomic mass is 31.1. The molecule has 4 heterocycles. The molecular weight excluding hydrogens is 514 g/mol. The Balaban J connectivity index is 1.40. The third-order valence-electron chi connectivity index (χ3n) is 6.83. The third kappa shape index (κ3) is 4.61. The van der Waals surface area contributed by atoms with Crippen LogP contribution in [0.2, 0.25) is 0 Å².